The fraction of sp³-hybridized carbons (Fsp3) is 0.200. The Kier molecular flexibility index (Phi) is 2.75. The van der Waals surface area contributed by atoms with Crippen LogP contribution in [0.25, 0.3) is 0 Å². The minimum absolute atomic E-state index is 0.767. The van der Waals surface area contributed by atoms with Crippen LogP contribution in [0.15, 0.2) is 30.4 Å². The van der Waals surface area contributed by atoms with E-state index in [-0.39, 0.29) is 0 Å². The first-order chi connectivity index (χ1) is 5.74. The number of benzene rings is 1. The van der Waals surface area contributed by atoms with Crippen LogP contribution < -0.4 is 11.5 Å². The van der Waals surface area contributed by atoms with E-state index in [1.54, 1.807) is 0 Å². The lowest BCUT2D eigenvalue weighted by molar-refractivity contribution is 1.27. The van der Waals surface area contributed by atoms with Crippen LogP contribution in [0.1, 0.15) is 12.5 Å². The zero-order valence-corrected chi connectivity index (χ0v) is 7.25. The molecular formula is C10H14N2. The van der Waals surface area contributed by atoms with Crippen LogP contribution in [-0.2, 0) is 6.42 Å². The van der Waals surface area contributed by atoms with Gasteiger partial charge in [-0.1, -0.05) is 12.2 Å². The number of allylic oxidation sites excluding steroid dienone is 2. The summed E-state index contributed by atoms with van der Waals surface area (Å²) in [6.07, 6.45) is 4.92. The second-order valence-corrected chi connectivity index (χ2v) is 2.73. The van der Waals surface area contributed by atoms with Gasteiger partial charge in [0.1, 0.15) is 0 Å². The van der Waals surface area contributed by atoms with Gasteiger partial charge in [0.15, 0.2) is 0 Å². The Morgan fingerprint density at radius 2 is 2.08 bits per heavy atom. The Hall–Kier alpha value is -1.44. The average Bonchev–Trinajstić information content (AvgIpc) is 2.07. The maximum Gasteiger partial charge on any atom is 0.0351 e. The molecule has 0 heterocycles. The third kappa shape index (κ3) is 2.02. The van der Waals surface area contributed by atoms with Gasteiger partial charge < -0.3 is 11.5 Å². The number of hydrogen-bond donors (Lipinski definition) is 2. The molecule has 0 bridgehead atoms. The van der Waals surface area contributed by atoms with Gasteiger partial charge in [-0.05, 0) is 37.1 Å². The molecule has 0 saturated carbocycles. The summed E-state index contributed by atoms with van der Waals surface area (Å²) < 4.78 is 0. The van der Waals surface area contributed by atoms with Gasteiger partial charge in [0.2, 0.25) is 0 Å². The molecule has 0 aromatic heterocycles. The average molecular weight is 162 g/mol. The number of hydrogen-bond acceptors (Lipinski definition) is 2. The molecule has 0 aliphatic carbocycles. The predicted molar refractivity (Wildman–Crippen MR) is 53.8 cm³/mol. The van der Waals surface area contributed by atoms with Gasteiger partial charge in [0.05, 0.1) is 0 Å². The van der Waals surface area contributed by atoms with Crippen LogP contribution in [0.5, 0.6) is 0 Å². The summed E-state index contributed by atoms with van der Waals surface area (Å²) in [4.78, 5) is 0. The summed E-state index contributed by atoms with van der Waals surface area (Å²) in [5, 5.41) is 0. The summed E-state index contributed by atoms with van der Waals surface area (Å²) in [6.45, 7) is 1.99. The summed E-state index contributed by atoms with van der Waals surface area (Å²) in [6, 6.07) is 5.57. The van der Waals surface area contributed by atoms with E-state index in [2.05, 4.69) is 6.08 Å². The highest BCUT2D eigenvalue weighted by Gasteiger charge is 1.96. The van der Waals surface area contributed by atoms with E-state index >= 15 is 0 Å². The number of nitrogen functional groups attached to an aromatic ring is 2. The van der Waals surface area contributed by atoms with Gasteiger partial charge in [-0.3, -0.25) is 0 Å². The molecule has 2 nitrogen and oxygen atoms in total. The molecule has 64 valence electrons. The first-order valence-electron chi connectivity index (χ1n) is 3.99. The smallest absolute Gasteiger partial charge is 0.0351 e. The van der Waals surface area contributed by atoms with E-state index in [0.717, 1.165) is 23.4 Å². The van der Waals surface area contributed by atoms with Crippen molar-refractivity contribution in [3.63, 3.8) is 0 Å². The Labute approximate surface area is 72.9 Å². The van der Waals surface area contributed by atoms with Gasteiger partial charge in [-0.25, -0.2) is 0 Å². The normalized spacial score (nSPS) is 10.8. The Bertz CT molecular complexity index is 290. The summed E-state index contributed by atoms with van der Waals surface area (Å²) in [5.74, 6) is 0. The predicted octanol–water partition coefficient (Wildman–Crippen LogP) is 1.97. The molecule has 0 fully saturated rings. The van der Waals surface area contributed by atoms with Crippen molar-refractivity contribution in [2.45, 2.75) is 13.3 Å². The molecule has 12 heavy (non-hydrogen) atoms. The molecule has 0 aliphatic rings. The quantitative estimate of drug-likeness (QED) is 0.516. The minimum Gasteiger partial charge on any atom is -0.399 e. The summed E-state index contributed by atoms with van der Waals surface area (Å²) in [5.41, 5.74) is 14.0. The van der Waals surface area contributed by atoms with E-state index in [9.17, 15) is 0 Å². The second kappa shape index (κ2) is 3.81. The number of rotatable bonds is 2. The van der Waals surface area contributed by atoms with Crippen LogP contribution in [0.4, 0.5) is 11.4 Å². The van der Waals surface area contributed by atoms with E-state index in [0.29, 0.717) is 0 Å². The molecule has 1 rings (SSSR count). The van der Waals surface area contributed by atoms with Gasteiger partial charge >= 0.3 is 0 Å². The monoisotopic (exact) mass is 162 g/mol. The molecule has 0 saturated heterocycles. The third-order valence-electron chi connectivity index (χ3n) is 1.74. The topological polar surface area (TPSA) is 52.0 Å². The van der Waals surface area contributed by atoms with Crippen molar-refractivity contribution < 1.29 is 0 Å². The molecule has 0 unspecified atom stereocenters. The van der Waals surface area contributed by atoms with Crippen molar-refractivity contribution in [1.82, 2.24) is 0 Å². The van der Waals surface area contributed by atoms with Gasteiger partial charge in [-0.2, -0.15) is 0 Å². The molecular weight excluding hydrogens is 148 g/mol. The summed E-state index contributed by atoms with van der Waals surface area (Å²) >= 11 is 0. The third-order valence-corrected chi connectivity index (χ3v) is 1.74. The van der Waals surface area contributed by atoms with Crippen LogP contribution >= 0.6 is 0 Å². The Morgan fingerprint density at radius 3 is 2.75 bits per heavy atom. The van der Waals surface area contributed by atoms with E-state index in [1.807, 2.05) is 31.2 Å². The lowest BCUT2D eigenvalue weighted by Crippen LogP contribution is -1.95. The minimum atomic E-state index is 0.767. The molecule has 1 aromatic carbocycles. The SMILES string of the molecule is CC=CCc1cc(N)ccc1N. The lowest BCUT2D eigenvalue weighted by atomic mass is 10.1. The summed E-state index contributed by atoms with van der Waals surface area (Å²) in [7, 11) is 0. The standard InChI is InChI=1S/C10H14N2/c1-2-3-4-8-7-9(11)5-6-10(8)12/h2-3,5-7H,4,11-12H2,1H3. The zero-order chi connectivity index (χ0) is 8.97. The first kappa shape index (κ1) is 8.65. The van der Waals surface area contributed by atoms with Crippen molar-refractivity contribution in [3.8, 4) is 0 Å². The van der Waals surface area contributed by atoms with E-state index in [1.165, 1.54) is 0 Å². The molecule has 0 amide bonds. The number of nitrogens with two attached hydrogens (primary N) is 2. The largest absolute Gasteiger partial charge is 0.399 e. The molecule has 0 spiro atoms. The van der Waals surface area contributed by atoms with Crippen molar-refractivity contribution in [1.29, 1.82) is 0 Å². The van der Waals surface area contributed by atoms with Crippen LogP contribution in [0.2, 0.25) is 0 Å². The van der Waals surface area contributed by atoms with E-state index in [4.69, 9.17) is 11.5 Å². The highest BCUT2D eigenvalue weighted by molar-refractivity contribution is 5.55. The maximum absolute atomic E-state index is 5.74. The van der Waals surface area contributed by atoms with E-state index < -0.39 is 0 Å². The molecule has 0 aliphatic heterocycles. The molecule has 1 aromatic rings. The Balaban J connectivity index is 2.89. The van der Waals surface area contributed by atoms with Crippen molar-refractivity contribution >= 4 is 11.4 Å². The van der Waals surface area contributed by atoms with Gasteiger partial charge in [-0.15, -0.1) is 0 Å². The molecule has 4 N–H and O–H groups in total. The van der Waals surface area contributed by atoms with Crippen molar-refractivity contribution in [3.05, 3.63) is 35.9 Å². The fourth-order valence-corrected chi connectivity index (χ4v) is 1.05. The highest BCUT2D eigenvalue weighted by Crippen LogP contribution is 2.16. The molecule has 2 heteroatoms. The van der Waals surface area contributed by atoms with Crippen LogP contribution in [0.3, 0.4) is 0 Å². The van der Waals surface area contributed by atoms with Crippen molar-refractivity contribution in [2.75, 3.05) is 11.5 Å². The first-order valence-corrected chi connectivity index (χ1v) is 3.99. The van der Waals surface area contributed by atoms with Crippen molar-refractivity contribution in [2.24, 2.45) is 0 Å². The maximum atomic E-state index is 5.74. The fourth-order valence-electron chi connectivity index (χ4n) is 1.05. The second-order valence-electron chi connectivity index (χ2n) is 2.73. The van der Waals surface area contributed by atoms with Gasteiger partial charge in [0, 0.05) is 11.4 Å². The Morgan fingerprint density at radius 1 is 1.33 bits per heavy atom. The zero-order valence-electron chi connectivity index (χ0n) is 7.25. The lowest BCUT2D eigenvalue weighted by Gasteiger charge is -2.03. The van der Waals surface area contributed by atoms with Gasteiger partial charge in [0.25, 0.3) is 0 Å². The molecule has 0 radical (unpaired) electrons. The molecule has 0 atom stereocenters. The van der Waals surface area contributed by atoms with Crippen LogP contribution in [0, 0.1) is 0 Å². The number of anilines is 2. The van der Waals surface area contributed by atoms with Crippen LogP contribution in [-0.4, -0.2) is 0 Å². The highest BCUT2D eigenvalue weighted by atomic mass is 14.6.